The number of thiophene rings is 2. The van der Waals surface area contributed by atoms with E-state index in [-0.39, 0.29) is 5.92 Å². The molecule has 0 bridgehead atoms. The van der Waals surface area contributed by atoms with Crippen LogP contribution in [0.5, 0.6) is 0 Å². The van der Waals surface area contributed by atoms with Crippen LogP contribution in [-0.2, 0) is 23.7 Å². The van der Waals surface area contributed by atoms with Gasteiger partial charge in [0.25, 0.3) is 0 Å². The molecule has 0 saturated carbocycles. The molecule has 2 heterocycles. The van der Waals surface area contributed by atoms with E-state index in [1.54, 1.807) is 24.3 Å². The molecule has 2 aliphatic carbocycles. The van der Waals surface area contributed by atoms with Crippen LogP contribution in [-0.4, -0.2) is 0 Å². The summed E-state index contributed by atoms with van der Waals surface area (Å²) in [6.45, 7) is 0. The van der Waals surface area contributed by atoms with Gasteiger partial charge in [0, 0.05) is 32.5 Å². The van der Waals surface area contributed by atoms with E-state index in [0.29, 0.717) is 54.3 Å². The number of hydrogen-bond acceptors (Lipinski definition) is 2. The lowest BCUT2D eigenvalue weighted by molar-refractivity contribution is -0.221. The van der Waals surface area contributed by atoms with Crippen LogP contribution >= 0.6 is 22.7 Å². The number of allylic oxidation sites excluding steroid dienone is 1. The van der Waals surface area contributed by atoms with Crippen molar-refractivity contribution in [3.05, 3.63) is 133 Å². The van der Waals surface area contributed by atoms with Crippen molar-refractivity contribution < 1.29 is 35.1 Å². The Kier molecular flexibility index (Phi) is 5.86. The summed E-state index contributed by atoms with van der Waals surface area (Å²) in [4.78, 5) is -1.09. The van der Waals surface area contributed by atoms with Gasteiger partial charge in [-0.25, -0.2) is 0 Å². The average Bonchev–Trinajstić information content (AvgIpc) is 3.60. The van der Waals surface area contributed by atoms with Crippen molar-refractivity contribution in [2.24, 2.45) is 0 Å². The van der Waals surface area contributed by atoms with Crippen LogP contribution in [0, 0.1) is 0 Å². The molecule has 2 aromatic heterocycles. The Labute approximate surface area is 242 Å². The van der Waals surface area contributed by atoms with Gasteiger partial charge in [-0.1, -0.05) is 84.9 Å². The highest BCUT2D eigenvalue weighted by Gasteiger charge is 2.61. The van der Waals surface area contributed by atoms with Crippen molar-refractivity contribution in [2.75, 3.05) is 0 Å². The van der Waals surface area contributed by atoms with E-state index < -0.39 is 50.5 Å². The molecule has 2 unspecified atom stereocenters. The Balaban J connectivity index is 1.26. The number of hydrogen-bond donors (Lipinski definition) is 0. The van der Waals surface area contributed by atoms with Crippen molar-refractivity contribution >= 4 is 38.8 Å². The second kappa shape index (κ2) is 9.00. The molecule has 0 saturated heterocycles. The van der Waals surface area contributed by atoms with Gasteiger partial charge in [0.15, 0.2) is 0 Å². The number of rotatable bonds is 6. The molecule has 0 aliphatic heterocycles. The summed E-state index contributed by atoms with van der Waals surface area (Å²) in [5.74, 6) is -18.7. The number of benzene rings is 3. The first-order valence-electron chi connectivity index (χ1n) is 12.9. The Morgan fingerprint density at radius 3 is 1.69 bits per heavy atom. The number of alkyl halides is 8. The highest BCUT2D eigenvalue weighted by atomic mass is 32.1. The topological polar surface area (TPSA) is 0 Å². The molecule has 214 valence electrons. The maximum Gasteiger partial charge on any atom is 0.348 e. The molecule has 42 heavy (non-hydrogen) atoms. The van der Waals surface area contributed by atoms with Gasteiger partial charge in [-0.2, -0.15) is 35.1 Å². The third kappa shape index (κ3) is 3.63. The first-order chi connectivity index (χ1) is 19.9. The lowest BCUT2D eigenvalue weighted by Crippen LogP contribution is -2.34. The van der Waals surface area contributed by atoms with E-state index in [1.165, 1.54) is 36.4 Å². The quantitative estimate of drug-likeness (QED) is 0.166. The summed E-state index contributed by atoms with van der Waals surface area (Å²) in [5, 5.41) is 0.371. The third-order valence-corrected chi connectivity index (χ3v) is 10.6. The van der Waals surface area contributed by atoms with Gasteiger partial charge in [-0.05, 0) is 34.2 Å². The molecule has 3 aromatic carbocycles. The van der Waals surface area contributed by atoms with E-state index >= 15 is 26.3 Å². The molecule has 2 aliphatic rings. The first-order valence-corrected chi connectivity index (χ1v) is 14.5. The van der Waals surface area contributed by atoms with Crippen molar-refractivity contribution in [1.82, 2.24) is 0 Å². The molecule has 0 spiro atoms. The number of halogens is 8. The lowest BCUT2D eigenvalue weighted by atomic mass is 9.64. The second-order valence-corrected chi connectivity index (χ2v) is 12.6. The van der Waals surface area contributed by atoms with Gasteiger partial charge in [0.05, 0.1) is 9.75 Å². The van der Waals surface area contributed by atoms with Gasteiger partial charge < -0.3 is 0 Å². The van der Waals surface area contributed by atoms with Crippen molar-refractivity contribution in [3.8, 4) is 0 Å². The summed E-state index contributed by atoms with van der Waals surface area (Å²) >= 11 is 1.19. The summed E-state index contributed by atoms with van der Waals surface area (Å²) in [7, 11) is 0. The smallest absolute Gasteiger partial charge is 0.194 e. The van der Waals surface area contributed by atoms with Crippen LogP contribution in [0.3, 0.4) is 0 Å². The summed E-state index contributed by atoms with van der Waals surface area (Å²) in [5.41, 5.74) is 0.133. The fourth-order valence-electron chi connectivity index (χ4n) is 5.81. The lowest BCUT2D eigenvalue weighted by Gasteiger charge is -2.40. The maximum atomic E-state index is 15.3. The van der Waals surface area contributed by atoms with Gasteiger partial charge in [-0.3, -0.25) is 0 Å². The Morgan fingerprint density at radius 1 is 0.571 bits per heavy atom. The summed E-state index contributed by atoms with van der Waals surface area (Å²) < 4.78 is 122. The SMILES string of the molecule is FC(F)(c1ccccc1)C(F)(F)c1cc2c(s1)C1c3ccc4cc(C(F)(F)C(F)(F)c5ccccc5)sc4c3C1C=C2. The molecule has 7 rings (SSSR count). The Hall–Kier alpha value is -3.50. The predicted molar refractivity (Wildman–Crippen MR) is 148 cm³/mol. The van der Waals surface area contributed by atoms with Gasteiger partial charge in [0.1, 0.15) is 0 Å². The summed E-state index contributed by atoms with van der Waals surface area (Å²) in [6.07, 6.45) is 3.30. The van der Waals surface area contributed by atoms with E-state index in [2.05, 4.69) is 0 Å². The van der Waals surface area contributed by atoms with Crippen LogP contribution in [0.2, 0.25) is 0 Å². The van der Waals surface area contributed by atoms with E-state index in [0.717, 1.165) is 36.4 Å². The normalized spacial score (nSPS) is 18.4. The molecule has 0 nitrogen and oxygen atoms in total. The second-order valence-electron chi connectivity index (χ2n) is 10.4. The number of fused-ring (bicyclic) bond motifs is 8. The molecule has 0 N–H and O–H groups in total. The van der Waals surface area contributed by atoms with Gasteiger partial charge in [0.2, 0.25) is 0 Å². The minimum Gasteiger partial charge on any atom is -0.194 e. The Morgan fingerprint density at radius 2 is 1.12 bits per heavy atom. The largest absolute Gasteiger partial charge is 0.348 e. The zero-order valence-corrected chi connectivity index (χ0v) is 22.9. The molecule has 0 fully saturated rings. The van der Waals surface area contributed by atoms with Crippen molar-refractivity contribution in [1.29, 1.82) is 0 Å². The summed E-state index contributed by atoms with van der Waals surface area (Å²) in [6, 6.07) is 17.2. The molecule has 0 radical (unpaired) electrons. The average molecular weight is 619 g/mol. The maximum absolute atomic E-state index is 15.3. The van der Waals surface area contributed by atoms with Gasteiger partial charge in [-0.15, -0.1) is 22.7 Å². The van der Waals surface area contributed by atoms with Crippen LogP contribution in [0.25, 0.3) is 16.2 Å². The van der Waals surface area contributed by atoms with E-state index in [9.17, 15) is 8.78 Å². The van der Waals surface area contributed by atoms with Crippen LogP contribution < -0.4 is 0 Å². The molecule has 10 heteroatoms. The third-order valence-electron chi connectivity index (χ3n) is 8.02. The zero-order valence-electron chi connectivity index (χ0n) is 21.2. The minimum absolute atomic E-state index is 0.371. The fraction of sp³-hybridized carbons (Fsp3) is 0.188. The standard InChI is InChI=1S/C32H18F8S2/c33-29(34,19-7-3-1-4-8-19)31(37,38)23-15-17-11-13-21-25(27(17)41-23)22-14-12-18-16-24(42-28(18)26(21)22)32(39,40)30(35,36)20-9-5-2-6-10-20/h1-16,21,25H. The first kappa shape index (κ1) is 27.3. The Bertz CT molecular complexity index is 1850. The fourth-order valence-corrected chi connectivity index (χ4v) is 8.40. The van der Waals surface area contributed by atoms with Crippen LogP contribution in [0.1, 0.15) is 54.3 Å². The van der Waals surface area contributed by atoms with E-state index in [1.807, 2.05) is 0 Å². The monoisotopic (exact) mass is 618 g/mol. The van der Waals surface area contributed by atoms with Crippen LogP contribution in [0.15, 0.2) is 91.0 Å². The predicted octanol–water partition coefficient (Wildman–Crippen LogP) is 11.0. The van der Waals surface area contributed by atoms with Crippen molar-refractivity contribution in [2.45, 2.75) is 35.5 Å². The van der Waals surface area contributed by atoms with Crippen LogP contribution in [0.4, 0.5) is 35.1 Å². The molecular weight excluding hydrogens is 600 g/mol. The minimum atomic E-state index is -4.48. The highest BCUT2D eigenvalue weighted by Crippen LogP contribution is 2.62. The van der Waals surface area contributed by atoms with E-state index in [4.69, 9.17) is 0 Å². The molecular formula is C32H18F8S2. The molecule has 2 atom stereocenters. The van der Waals surface area contributed by atoms with Crippen molar-refractivity contribution in [3.63, 3.8) is 0 Å². The molecule has 0 amide bonds. The molecule has 5 aromatic rings. The zero-order chi connectivity index (χ0) is 29.7. The highest BCUT2D eigenvalue weighted by molar-refractivity contribution is 7.19. The van der Waals surface area contributed by atoms with Gasteiger partial charge >= 0.3 is 23.7 Å².